The minimum atomic E-state index is -0.910. The van der Waals surface area contributed by atoms with Gasteiger partial charge in [-0.15, -0.1) is 0 Å². The van der Waals surface area contributed by atoms with Crippen LogP contribution in [0.25, 0.3) is 0 Å². The van der Waals surface area contributed by atoms with Crippen molar-refractivity contribution in [3.05, 3.63) is 63.2 Å². The second kappa shape index (κ2) is 11.1. The zero-order valence-corrected chi connectivity index (χ0v) is 18.3. The number of methoxy groups -OCH3 is 1. The highest BCUT2D eigenvalue weighted by molar-refractivity contribution is 6.32. The van der Waals surface area contributed by atoms with Crippen molar-refractivity contribution in [1.82, 2.24) is 5.32 Å². The zero-order valence-electron chi connectivity index (χ0n) is 17.6. The van der Waals surface area contributed by atoms with E-state index >= 15 is 0 Å². The Morgan fingerprint density at radius 1 is 1.12 bits per heavy atom. The number of carbonyl (C=O) groups is 3. The third-order valence-electron chi connectivity index (χ3n) is 4.35. The number of nitro groups is 1. The number of anilines is 1. The molecule has 0 heterocycles. The van der Waals surface area contributed by atoms with Gasteiger partial charge < -0.3 is 20.1 Å². The molecule has 0 aromatic heterocycles. The summed E-state index contributed by atoms with van der Waals surface area (Å²) in [6, 6.07) is 9.02. The molecule has 0 saturated carbocycles. The smallest absolute Gasteiger partial charge is 0.343 e. The number of amides is 2. The lowest BCUT2D eigenvalue weighted by atomic mass is 10.0. The molecule has 0 spiro atoms. The Morgan fingerprint density at radius 3 is 2.34 bits per heavy atom. The Kier molecular flexibility index (Phi) is 8.54. The predicted octanol–water partition coefficient (Wildman–Crippen LogP) is 3.19. The highest BCUT2D eigenvalue weighted by atomic mass is 35.5. The molecule has 2 aromatic rings. The van der Waals surface area contributed by atoms with Gasteiger partial charge >= 0.3 is 5.97 Å². The van der Waals surface area contributed by atoms with E-state index in [0.717, 1.165) is 6.07 Å². The van der Waals surface area contributed by atoms with Crippen LogP contribution in [0.2, 0.25) is 5.02 Å². The van der Waals surface area contributed by atoms with Crippen LogP contribution in [-0.2, 0) is 14.3 Å². The number of esters is 1. The lowest BCUT2D eigenvalue weighted by Crippen LogP contribution is -2.47. The van der Waals surface area contributed by atoms with Crippen molar-refractivity contribution >= 4 is 40.8 Å². The molecule has 2 amide bonds. The fourth-order valence-electron chi connectivity index (χ4n) is 2.61. The van der Waals surface area contributed by atoms with Gasteiger partial charge in [0.25, 0.3) is 11.6 Å². The van der Waals surface area contributed by atoms with Gasteiger partial charge in [0.1, 0.15) is 16.8 Å². The molecule has 11 heteroatoms. The fourth-order valence-corrected chi connectivity index (χ4v) is 2.80. The van der Waals surface area contributed by atoms with E-state index in [9.17, 15) is 24.5 Å². The van der Waals surface area contributed by atoms with Gasteiger partial charge in [-0.05, 0) is 42.3 Å². The molecule has 0 fully saturated rings. The van der Waals surface area contributed by atoms with Crippen molar-refractivity contribution in [2.75, 3.05) is 19.0 Å². The molecule has 0 bridgehead atoms. The summed E-state index contributed by atoms with van der Waals surface area (Å²) in [5.41, 5.74) is 0.0495. The molecule has 0 radical (unpaired) electrons. The van der Waals surface area contributed by atoms with Gasteiger partial charge in [0.15, 0.2) is 6.61 Å². The maximum absolute atomic E-state index is 12.7. The Morgan fingerprint density at radius 2 is 1.78 bits per heavy atom. The van der Waals surface area contributed by atoms with Gasteiger partial charge in [-0.2, -0.15) is 0 Å². The standard InChI is InChI=1S/C21H22ClN3O7/c1-12(2)19(24-20(27)13-4-9-16(22)17(10-13)25(29)30)21(28)23-14-5-7-15(8-6-14)32-11-18(26)31-3/h4-10,12,19H,11H2,1-3H3,(H,23,28)(H,24,27). The Bertz CT molecular complexity index is 1010. The van der Waals surface area contributed by atoms with E-state index in [1.54, 1.807) is 38.1 Å². The number of hydrogen-bond donors (Lipinski definition) is 2. The lowest BCUT2D eigenvalue weighted by molar-refractivity contribution is -0.384. The van der Waals surface area contributed by atoms with E-state index in [0.29, 0.717) is 11.4 Å². The number of carbonyl (C=O) groups excluding carboxylic acids is 3. The maximum Gasteiger partial charge on any atom is 0.343 e. The van der Waals surface area contributed by atoms with Crippen molar-refractivity contribution in [2.45, 2.75) is 19.9 Å². The van der Waals surface area contributed by atoms with Crippen LogP contribution in [0, 0.1) is 16.0 Å². The molecule has 0 aliphatic heterocycles. The first-order valence-corrected chi connectivity index (χ1v) is 9.85. The molecule has 0 saturated heterocycles. The predicted molar refractivity (Wildman–Crippen MR) is 117 cm³/mol. The molecule has 0 aliphatic carbocycles. The van der Waals surface area contributed by atoms with Crippen LogP contribution in [0.3, 0.4) is 0 Å². The van der Waals surface area contributed by atoms with Crippen LogP contribution >= 0.6 is 11.6 Å². The summed E-state index contributed by atoms with van der Waals surface area (Å²) < 4.78 is 9.73. The molecule has 2 N–H and O–H groups in total. The summed E-state index contributed by atoms with van der Waals surface area (Å²) in [4.78, 5) is 46.8. The van der Waals surface area contributed by atoms with Gasteiger partial charge in [0.05, 0.1) is 12.0 Å². The van der Waals surface area contributed by atoms with Crippen molar-refractivity contribution in [2.24, 2.45) is 5.92 Å². The van der Waals surface area contributed by atoms with E-state index in [4.69, 9.17) is 16.3 Å². The Balaban J connectivity index is 2.06. The number of benzene rings is 2. The molecule has 1 atom stereocenters. The number of rotatable bonds is 9. The van der Waals surface area contributed by atoms with E-state index in [2.05, 4.69) is 15.4 Å². The van der Waals surface area contributed by atoms with Crippen molar-refractivity contribution < 1.29 is 28.8 Å². The van der Waals surface area contributed by atoms with Gasteiger partial charge in [-0.3, -0.25) is 19.7 Å². The molecule has 1 unspecified atom stereocenters. The summed E-state index contributed by atoms with van der Waals surface area (Å²) in [7, 11) is 1.25. The monoisotopic (exact) mass is 463 g/mol. The summed E-state index contributed by atoms with van der Waals surface area (Å²) >= 11 is 5.78. The summed E-state index contributed by atoms with van der Waals surface area (Å²) in [6.45, 7) is 3.25. The highest BCUT2D eigenvalue weighted by Crippen LogP contribution is 2.25. The minimum absolute atomic E-state index is 0.00616. The molecule has 2 aromatic carbocycles. The third-order valence-corrected chi connectivity index (χ3v) is 4.67. The minimum Gasteiger partial charge on any atom is -0.482 e. The topological polar surface area (TPSA) is 137 Å². The second-order valence-electron chi connectivity index (χ2n) is 7.00. The Labute approximate surface area is 189 Å². The van der Waals surface area contributed by atoms with E-state index in [1.807, 2.05) is 0 Å². The number of nitro benzene ring substituents is 1. The van der Waals surface area contributed by atoms with Gasteiger partial charge in [0.2, 0.25) is 5.91 Å². The fraction of sp³-hybridized carbons (Fsp3) is 0.286. The first-order valence-electron chi connectivity index (χ1n) is 9.47. The van der Waals surface area contributed by atoms with Crippen LogP contribution < -0.4 is 15.4 Å². The SMILES string of the molecule is COC(=O)COc1ccc(NC(=O)C(NC(=O)c2ccc(Cl)c([N+](=O)[O-])c2)C(C)C)cc1. The maximum atomic E-state index is 12.7. The summed E-state index contributed by atoms with van der Waals surface area (Å²) in [5, 5.41) is 16.2. The first kappa shape index (κ1) is 24.6. The normalized spacial score (nSPS) is 11.4. The molecular formula is C21H22ClN3O7. The van der Waals surface area contributed by atoms with Gasteiger partial charge in [-0.1, -0.05) is 25.4 Å². The average molecular weight is 464 g/mol. The van der Waals surface area contributed by atoms with Crippen LogP contribution in [0.15, 0.2) is 42.5 Å². The van der Waals surface area contributed by atoms with Crippen LogP contribution in [-0.4, -0.2) is 42.5 Å². The Hall–Kier alpha value is -3.66. The molecule has 32 heavy (non-hydrogen) atoms. The first-order chi connectivity index (χ1) is 15.1. The largest absolute Gasteiger partial charge is 0.482 e. The van der Waals surface area contributed by atoms with Crippen LogP contribution in [0.1, 0.15) is 24.2 Å². The number of nitrogens with zero attached hydrogens (tertiary/aromatic N) is 1. The molecule has 170 valence electrons. The van der Waals surface area contributed by atoms with Crippen molar-refractivity contribution in [3.8, 4) is 5.75 Å². The van der Waals surface area contributed by atoms with Crippen LogP contribution in [0.4, 0.5) is 11.4 Å². The highest BCUT2D eigenvalue weighted by Gasteiger charge is 2.26. The second-order valence-corrected chi connectivity index (χ2v) is 7.40. The lowest BCUT2D eigenvalue weighted by Gasteiger charge is -2.22. The van der Waals surface area contributed by atoms with Crippen LogP contribution in [0.5, 0.6) is 5.75 Å². The summed E-state index contributed by atoms with van der Waals surface area (Å²) in [6.07, 6.45) is 0. The number of halogens is 1. The molecular weight excluding hydrogens is 442 g/mol. The molecule has 10 nitrogen and oxygen atoms in total. The third kappa shape index (κ3) is 6.67. The average Bonchev–Trinajstić information content (AvgIpc) is 2.76. The number of ether oxygens (including phenoxy) is 2. The van der Waals surface area contributed by atoms with Crippen molar-refractivity contribution in [1.29, 1.82) is 0 Å². The van der Waals surface area contributed by atoms with E-state index in [1.165, 1.54) is 19.2 Å². The summed E-state index contributed by atoms with van der Waals surface area (Å²) in [5.74, 6) is -1.51. The quantitative estimate of drug-likeness (QED) is 0.331. The van der Waals surface area contributed by atoms with E-state index in [-0.39, 0.29) is 23.1 Å². The van der Waals surface area contributed by atoms with Crippen molar-refractivity contribution in [3.63, 3.8) is 0 Å². The van der Waals surface area contributed by atoms with E-state index < -0.39 is 34.4 Å². The molecule has 2 rings (SSSR count). The van der Waals surface area contributed by atoms with Gasteiger partial charge in [0, 0.05) is 17.3 Å². The number of hydrogen-bond acceptors (Lipinski definition) is 7. The van der Waals surface area contributed by atoms with Gasteiger partial charge in [-0.25, -0.2) is 4.79 Å². The zero-order chi connectivity index (χ0) is 23.8. The number of nitrogens with one attached hydrogen (secondary N) is 2. The molecule has 0 aliphatic rings.